The van der Waals surface area contributed by atoms with E-state index in [2.05, 4.69) is 17.6 Å². The number of nitriles is 1. The van der Waals surface area contributed by atoms with Gasteiger partial charge in [0.15, 0.2) is 0 Å². The minimum Gasteiger partial charge on any atom is -0.752 e. The summed E-state index contributed by atoms with van der Waals surface area (Å²) in [5.41, 5.74) is 0. The molecule has 0 radical (unpaired) electrons. The van der Waals surface area contributed by atoms with Gasteiger partial charge in [0, 0.05) is 0 Å². The van der Waals surface area contributed by atoms with Crippen LogP contribution in [0.5, 0.6) is 0 Å². The summed E-state index contributed by atoms with van der Waals surface area (Å²) >= 11 is 6.02. The molecule has 0 aromatic carbocycles. The van der Waals surface area contributed by atoms with Crippen LogP contribution in [0.2, 0.25) is 0 Å². The lowest BCUT2D eigenvalue weighted by Crippen LogP contribution is -1.82. The number of thioether (sulfide) groups is 1. The molecule has 0 aromatic rings. The van der Waals surface area contributed by atoms with Crippen LogP contribution in [0.1, 0.15) is 6.92 Å². The molecule has 0 atom stereocenters. The number of hydrogen-bond acceptors (Lipinski definition) is 4. The predicted octanol–water partition coefficient (Wildman–Crippen LogP) is 1.12. The summed E-state index contributed by atoms with van der Waals surface area (Å²) < 4.78 is 0.426. The minimum absolute atomic E-state index is 0.426. The lowest BCUT2D eigenvalue weighted by molar-refractivity contribution is 1.45. The largest absolute Gasteiger partial charge is 0.752 e. The SMILES string of the molecule is CCSC([S-])=NC#N. The smallest absolute Gasteiger partial charge is 0.204 e. The highest BCUT2D eigenvalue weighted by Gasteiger charge is 1.75. The standard InChI is InChI=1S/C4H6N2S2/c1-2-8-4(7)6-3-5/h2H2,1H3,(H,6,7)/p-1. The molecule has 0 aliphatic rings. The minimum atomic E-state index is 0.426. The second-order valence-corrected chi connectivity index (χ2v) is 2.81. The zero-order valence-electron chi connectivity index (χ0n) is 4.42. The molecule has 0 aromatic heterocycles. The fraction of sp³-hybridized carbons (Fsp3) is 0.500. The first-order valence-corrected chi connectivity index (χ1v) is 3.47. The average molecular weight is 145 g/mol. The molecule has 0 unspecified atom stereocenters. The maximum absolute atomic E-state index is 7.95. The van der Waals surface area contributed by atoms with Gasteiger partial charge in [0.05, 0.1) is 0 Å². The van der Waals surface area contributed by atoms with Gasteiger partial charge in [0.2, 0.25) is 6.19 Å². The van der Waals surface area contributed by atoms with Crippen molar-refractivity contribution in [1.82, 2.24) is 0 Å². The van der Waals surface area contributed by atoms with E-state index in [0.717, 1.165) is 5.75 Å². The first-order valence-electron chi connectivity index (χ1n) is 2.07. The van der Waals surface area contributed by atoms with Gasteiger partial charge in [-0.25, -0.2) is 0 Å². The van der Waals surface area contributed by atoms with Gasteiger partial charge in [0.25, 0.3) is 0 Å². The molecule has 44 valence electrons. The van der Waals surface area contributed by atoms with Crippen molar-refractivity contribution in [2.75, 3.05) is 5.75 Å². The Morgan fingerprint density at radius 1 is 2.00 bits per heavy atom. The Labute approximate surface area is 58.4 Å². The molecule has 0 spiro atoms. The summed E-state index contributed by atoms with van der Waals surface area (Å²) in [6, 6.07) is 0. The van der Waals surface area contributed by atoms with Crippen LogP contribution in [0.25, 0.3) is 0 Å². The van der Waals surface area contributed by atoms with Crippen molar-refractivity contribution < 1.29 is 0 Å². The lowest BCUT2D eigenvalue weighted by atomic mass is 11.0. The van der Waals surface area contributed by atoms with Gasteiger partial charge in [-0.3, -0.25) is 0 Å². The van der Waals surface area contributed by atoms with E-state index in [1.165, 1.54) is 11.8 Å². The normalized spacial score (nSPS) is 10.8. The van der Waals surface area contributed by atoms with E-state index in [-0.39, 0.29) is 0 Å². The second kappa shape index (κ2) is 4.88. The average Bonchev–Trinajstić information content (AvgIpc) is 1.68. The third kappa shape index (κ3) is 3.90. The molecule has 8 heavy (non-hydrogen) atoms. The van der Waals surface area contributed by atoms with E-state index in [9.17, 15) is 0 Å². The Morgan fingerprint density at radius 3 is 3.00 bits per heavy atom. The van der Waals surface area contributed by atoms with Crippen LogP contribution in [0.3, 0.4) is 0 Å². The number of aliphatic imine (C=N–C) groups is 1. The van der Waals surface area contributed by atoms with Crippen molar-refractivity contribution in [1.29, 1.82) is 5.26 Å². The monoisotopic (exact) mass is 145 g/mol. The van der Waals surface area contributed by atoms with Gasteiger partial charge in [-0.1, -0.05) is 6.92 Å². The Bertz CT molecular complexity index is 124. The highest BCUT2D eigenvalue weighted by molar-refractivity contribution is 8.27. The zero-order chi connectivity index (χ0) is 6.41. The van der Waals surface area contributed by atoms with E-state index in [0.29, 0.717) is 4.38 Å². The lowest BCUT2D eigenvalue weighted by Gasteiger charge is -2.02. The van der Waals surface area contributed by atoms with E-state index in [4.69, 9.17) is 5.26 Å². The summed E-state index contributed by atoms with van der Waals surface area (Å²) in [6.07, 6.45) is 1.62. The van der Waals surface area contributed by atoms with Gasteiger partial charge < -0.3 is 12.6 Å². The van der Waals surface area contributed by atoms with Crippen molar-refractivity contribution in [3.8, 4) is 6.19 Å². The van der Waals surface area contributed by atoms with Crippen LogP contribution in [0.4, 0.5) is 0 Å². The predicted molar refractivity (Wildman–Crippen MR) is 38.5 cm³/mol. The molecule has 0 aliphatic carbocycles. The highest BCUT2D eigenvalue weighted by Crippen LogP contribution is 1.99. The van der Waals surface area contributed by atoms with Crippen molar-refractivity contribution in [2.45, 2.75) is 6.92 Å². The van der Waals surface area contributed by atoms with Crippen molar-refractivity contribution >= 4 is 28.8 Å². The van der Waals surface area contributed by atoms with Gasteiger partial charge in [-0.15, -0.1) is 11.8 Å². The quantitative estimate of drug-likeness (QED) is 0.240. The summed E-state index contributed by atoms with van der Waals surface area (Å²) in [4.78, 5) is 3.31. The molecule has 0 N–H and O–H groups in total. The molecule has 4 heteroatoms. The molecular weight excluding hydrogens is 140 g/mol. The van der Waals surface area contributed by atoms with Gasteiger partial charge in [0.1, 0.15) is 0 Å². The number of rotatable bonds is 1. The van der Waals surface area contributed by atoms with Crippen molar-refractivity contribution in [3.05, 3.63) is 0 Å². The summed E-state index contributed by atoms with van der Waals surface area (Å²) in [6.45, 7) is 1.96. The molecule has 0 bridgehead atoms. The second-order valence-electron chi connectivity index (χ2n) is 0.911. The Morgan fingerprint density at radius 2 is 2.62 bits per heavy atom. The van der Waals surface area contributed by atoms with Crippen LogP contribution < -0.4 is 0 Å². The third-order valence-corrected chi connectivity index (χ3v) is 1.48. The fourth-order valence-electron chi connectivity index (χ4n) is 0.197. The molecular formula is C4H5N2S2-. The van der Waals surface area contributed by atoms with Crippen molar-refractivity contribution in [2.24, 2.45) is 4.99 Å². The Balaban J connectivity index is 3.49. The first kappa shape index (κ1) is 7.73. The molecule has 2 nitrogen and oxygen atoms in total. The van der Waals surface area contributed by atoms with E-state index >= 15 is 0 Å². The van der Waals surface area contributed by atoms with Crippen LogP contribution in [-0.4, -0.2) is 10.1 Å². The summed E-state index contributed by atoms with van der Waals surface area (Å²) in [7, 11) is 0. The third-order valence-electron chi connectivity index (χ3n) is 0.409. The van der Waals surface area contributed by atoms with Crippen molar-refractivity contribution in [3.63, 3.8) is 0 Å². The number of nitrogens with zero attached hydrogens (tertiary/aromatic N) is 2. The zero-order valence-corrected chi connectivity index (χ0v) is 6.05. The maximum Gasteiger partial charge on any atom is 0.204 e. The maximum atomic E-state index is 7.95. The summed E-state index contributed by atoms with van der Waals surface area (Å²) in [5, 5.41) is 7.95. The van der Waals surface area contributed by atoms with Crippen LogP contribution in [0, 0.1) is 11.5 Å². The molecule has 0 rings (SSSR count). The number of hydrogen-bond donors (Lipinski definition) is 0. The van der Waals surface area contributed by atoms with Gasteiger partial charge in [-0.2, -0.15) is 10.3 Å². The van der Waals surface area contributed by atoms with Crippen LogP contribution >= 0.6 is 11.8 Å². The fourth-order valence-corrected chi connectivity index (χ4v) is 0.943. The topological polar surface area (TPSA) is 36.1 Å². The van der Waals surface area contributed by atoms with E-state index in [1.807, 2.05) is 6.92 Å². The molecule has 0 heterocycles. The van der Waals surface area contributed by atoms with E-state index in [1.54, 1.807) is 6.19 Å². The first-order chi connectivity index (χ1) is 3.81. The molecule has 0 saturated heterocycles. The Hall–Kier alpha value is -0.270. The molecule has 0 fully saturated rings. The van der Waals surface area contributed by atoms with E-state index < -0.39 is 0 Å². The molecule has 0 aliphatic heterocycles. The summed E-state index contributed by atoms with van der Waals surface area (Å²) in [5.74, 6) is 0.879. The Kier molecular flexibility index (Phi) is 4.71. The molecule has 0 amide bonds. The van der Waals surface area contributed by atoms with Gasteiger partial charge in [-0.05, 0) is 10.1 Å². The highest BCUT2D eigenvalue weighted by atomic mass is 32.2. The molecule has 0 saturated carbocycles. The van der Waals surface area contributed by atoms with Gasteiger partial charge >= 0.3 is 0 Å². The van der Waals surface area contributed by atoms with Crippen LogP contribution in [-0.2, 0) is 12.6 Å². The van der Waals surface area contributed by atoms with Crippen LogP contribution in [0.15, 0.2) is 4.99 Å².